The van der Waals surface area contributed by atoms with E-state index in [9.17, 15) is 4.79 Å². The number of nitrogens with two attached hydrogens (primary N) is 1. The number of nitrogens with one attached hydrogen (secondary N) is 1. The summed E-state index contributed by atoms with van der Waals surface area (Å²) in [5, 5.41) is 4.93. The highest BCUT2D eigenvalue weighted by molar-refractivity contribution is 7.10. The van der Waals surface area contributed by atoms with Crippen LogP contribution in [0.1, 0.15) is 37.5 Å². The summed E-state index contributed by atoms with van der Waals surface area (Å²) in [6.07, 6.45) is 4.45. The first-order chi connectivity index (χ1) is 9.38. The molecule has 0 aliphatic heterocycles. The minimum absolute atomic E-state index is 0.153. The lowest BCUT2D eigenvalue weighted by atomic mass is 9.67. The molecule has 5 heteroatoms. The Balaban J connectivity index is 2.09. The van der Waals surface area contributed by atoms with Gasteiger partial charge < -0.3 is 11.1 Å². The molecule has 1 fully saturated rings. The average molecular weight is 295 g/mol. The van der Waals surface area contributed by atoms with Gasteiger partial charge in [-0.1, -0.05) is 13.0 Å². The van der Waals surface area contributed by atoms with Crippen molar-refractivity contribution in [1.29, 1.82) is 0 Å². The fraction of sp³-hybridized carbons (Fsp3) is 0.667. The van der Waals surface area contributed by atoms with Gasteiger partial charge in [-0.25, -0.2) is 4.79 Å². The van der Waals surface area contributed by atoms with Gasteiger partial charge in [0.15, 0.2) is 0 Å². The lowest BCUT2D eigenvalue weighted by molar-refractivity contribution is 0.0464. The van der Waals surface area contributed by atoms with Gasteiger partial charge in [0.2, 0.25) is 0 Å². The number of thiophene rings is 1. The summed E-state index contributed by atoms with van der Waals surface area (Å²) in [4.78, 5) is 14.7. The summed E-state index contributed by atoms with van der Waals surface area (Å²) < 4.78 is 0. The second kappa shape index (κ2) is 5.74. The van der Waals surface area contributed by atoms with Crippen LogP contribution >= 0.6 is 11.3 Å². The van der Waals surface area contributed by atoms with Gasteiger partial charge in [-0.15, -0.1) is 11.3 Å². The molecule has 0 bridgehead atoms. The minimum atomic E-state index is -0.422. The first kappa shape index (κ1) is 15.3. The average Bonchev–Trinajstić information content (AvgIpc) is 2.92. The number of rotatable bonds is 4. The zero-order valence-corrected chi connectivity index (χ0v) is 13.4. The van der Waals surface area contributed by atoms with Crippen LogP contribution in [0.4, 0.5) is 4.79 Å². The van der Waals surface area contributed by atoms with Crippen molar-refractivity contribution in [3.63, 3.8) is 0 Å². The summed E-state index contributed by atoms with van der Waals surface area (Å²) in [5.74, 6) is 0. The molecule has 0 radical (unpaired) electrons. The molecule has 1 aliphatic rings. The summed E-state index contributed by atoms with van der Waals surface area (Å²) >= 11 is 1.84. The topological polar surface area (TPSA) is 58.4 Å². The van der Waals surface area contributed by atoms with Crippen LogP contribution in [0.25, 0.3) is 0 Å². The van der Waals surface area contributed by atoms with Crippen LogP contribution in [0.15, 0.2) is 17.5 Å². The predicted molar refractivity (Wildman–Crippen MR) is 83.8 cm³/mol. The van der Waals surface area contributed by atoms with Crippen LogP contribution in [0, 0.1) is 5.41 Å². The van der Waals surface area contributed by atoms with E-state index in [0.717, 1.165) is 25.7 Å². The van der Waals surface area contributed by atoms with E-state index in [0.29, 0.717) is 6.54 Å². The zero-order valence-electron chi connectivity index (χ0n) is 12.6. The Morgan fingerprint density at radius 2 is 2.05 bits per heavy atom. The van der Waals surface area contributed by atoms with Crippen molar-refractivity contribution >= 4 is 17.4 Å². The quantitative estimate of drug-likeness (QED) is 0.897. The Bertz CT molecular complexity index is 448. The van der Waals surface area contributed by atoms with E-state index < -0.39 is 6.03 Å². The van der Waals surface area contributed by atoms with Gasteiger partial charge in [-0.05, 0) is 56.6 Å². The van der Waals surface area contributed by atoms with Gasteiger partial charge in [0, 0.05) is 11.4 Å². The first-order valence-corrected chi connectivity index (χ1v) is 8.01. The molecule has 1 aromatic rings. The van der Waals surface area contributed by atoms with E-state index in [1.54, 1.807) is 0 Å². The Kier molecular flexibility index (Phi) is 4.39. The standard InChI is InChI=1S/C15H25N3OS/c1-14(11-17-13(16)19)6-8-15(9-7-14,18(2)3)12-5-4-10-20-12/h4-5,10H,6-9,11H2,1-3H3,(H3,16,17,19). The van der Waals surface area contributed by atoms with Crippen molar-refractivity contribution in [2.75, 3.05) is 20.6 Å². The lowest BCUT2D eigenvalue weighted by Gasteiger charge is -2.48. The highest BCUT2D eigenvalue weighted by Gasteiger charge is 2.43. The molecule has 1 aliphatic carbocycles. The van der Waals surface area contributed by atoms with E-state index in [1.807, 2.05) is 11.3 Å². The Morgan fingerprint density at radius 1 is 1.40 bits per heavy atom. The maximum Gasteiger partial charge on any atom is 0.312 e. The maximum atomic E-state index is 10.9. The van der Waals surface area contributed by atoms with Crippen molar-refractivity contribution in [2.24, 2.45) is 11.1 Å². The first-order valence-electron chi connectivity index (χ1n) is 7.13. The highest BCUT2D eigenvalue weighted by Crippen LogP contribution is 2.48. The van der Waals surface area contributed by atoms with E-state index in [-0.39, 0.29) is 11.0 Å². The summed E-state index contributed by atoms with van der Waals surface area (Å²) in [6, 6.07) is 3.96. The Morgan fingerprint density at radius 3 is 2.50 bits per heavy atom. The summed E-state index contributed by atoms with van der Waals surface area (Å²) in [6.45, 7) is 2.92. The van der Waals surface area contributed by atoms with Gasteiger partial charge >= 0.3 is 6.03 Å². The highest BCUT2D eigenvalue weighted by atomic mass is 32.1. The molecule has 1 aromatic heterocycles. The molecule has 3 N–H and O–H groups in total. The number of carbonyl (C=O) groups is 1. The number of urea groups is 1. The summed E-state index contributed by atoms with van der Waals surface area (Å²) in [7, 11) is 4.34. The molecular formula is C15H25N3OS. The SMILES string of the molecule is CN(C)C1(c2cccs2)CCC(C)(CNC(N)=O)CC1. The third-order valence-electron chi connectivity index (χ3n) is 4.81. The Hall–Kier alpha value is -1.07. The summed E-state index contributed by atoms with van der Waals surface area (Å²) in [5.41, 5.74) is 5.50. The van der Waals surface area contributed by atoms with Crippen LogP contribution in [-0.4, -0.2) is 31.6 Å². The van der Waals surface area contributed by atoms with Crippen molar-refractivity contribution < 1.29 is 4.79 Å². The molecule has 1 heterocycles. The van der Waals surface area contributed by atoms with Crippen LogP contribution in [0.2, 0.25) is 0 Å². The second-order valence-electron chi connectivity index (χ2n) is 6.43. The van der Waals surface area contributed by atoms with Crippen molar-refractivity contribution in [3.05, 3.63) is 22.4 Å². The van der Waals surface area contributed by atoms with Crippen LogP contribution in [0.3, 0.4) is 0 Å². The Labute approximate surface area is 125 Å². The third kappa shape index (κ3) is 2.99. The molecule has 0 spiro atoms. The number of nitrogens with zero attached hydrogens (tertiary/aromatic N) is 1. The van der Waals surface area contributed by atoms with Gasteiger partial charge in [0.05, 0.1) is 5.54 Å². The number of primary amides is 1. The van der Waals surface area contributed by atoms with Crippen molar-refractivity contribution in [1.82, 2.24) is 10.2 Å². The molecule has 0 atom stereocenters. The fourth-order valence-corrected chi connectivity index (χ4v) is 4.27. The molecule has 0 saturated heterocycles. The van der Waals surface area contributed by atoms with Gasteiger partial charge in [-0.3, -0.25) is 4.90 Å². The van der Waals surface area contributed by atoms with Gasteiger partial charge in [0.1, 0.15) is 0 Å². The zero-order chi connectivity index (χ0) is 14.8. The molecule has 112 valence electrons. The van der Waals surface area contributed by atoms with Crippen molar-refractivity contribution in [2.45, 2.75) is 38.1 Å². The van der Waals surface area contributed by atoms with E-state index in [2.05, 4.69) is 48.7 Å². The van der Waals surface area contributed by atoms with Crippen LogP contribution in [0.5, 0.6) is 0 Å². The minimum Gasteiger partial charge on any atom is -0.352 e. The number of hydrogen-bond donors (Lipinski definition) is 2. The number of carbonyl (C=O) groups excluding carboxylic acids is 1. The number of hydrogen-bond acceptors (Lipinski definition) is 3. The van der Waals surface area contributed by atoms with E-state index in [1.165, 1.54) is 4.88 Å². The fourth-order valence-electron chi connectivity index (χ4n) is 3.20. The van der Waals surface area contributed by atoms with Crippen LogP contribution < -0.4 is 11.1 Å². The molecule has 1 saturated carbocycles. The molecule has 2 rings (SSSR count). The van der Waals surface area contributed by atoms with Crippen LogP contribution in [-0.2, 0) is 5.54 Å². The van der Waals surface area contributed by atoms with Crippen molar-refractivity contribution in [3.8, 4) is 0 Å². The maximum absolute atomic E-state index is 10.9. The predicted octanol–water partition coefficient (Wildman–Crippen LogP) is 2.75. The monoisotopic (exact) mass is 295 g/mol. The second-order valence-corrected chi connectivity index (χ2v) is 7.38. The largest absolute Gasteiger partial charge is 0.352 e. The number of amides is 2. The molecule has 20 heavy (non-hydrogen) atoms. The molecule has 0 unspecified atom stereocenters. The van der Waals surface area contributed by atoms with Gasteiger partial charge in [-0.2, -0.15) is 0 Å². The van der Waals surface area contributed by atoms with E-state index >= 15 is 0 Å². The smallest absolute Gasteiger partial charge is 0.312 e. The third-order valence-corrected chi connectivity index (χ3v) is 5.87. The molecule has 2 amide bonds. The molecule has 4 nitrogen and oxygen atoms in total. The molecule has 0 aromatic carbocycles. The normalized spacial score (nSPS) is 30.4. The lowest BCUT2D eigenvalue weighted by Crippen LogP contribution is -2.48. The van der Waals surface area contributed by atoms with E-state index in [4.69, 9.17) is 5.73 Å². The van der Waals surface area contributed by atoms with Gasteiger partial charge in [0.25, 0.3) is 0 Å². The molecular weight excluding hydrogens is 270 g/mol.